The third-order valence-electron chi connectivity index (χ3n) is 9.03. The summed E-state index contributed by atoms with van der Waals surface area (Å²) in [6.07, 6.45) is 5.48. The van der Waals surface area contributed by atoms with E-state index < -0.39 is 5.60 Å². The van der Waals surface area contributed by atoms with E-state index in [-0.39, 0.29) is 29.6 Å². The number of piperazine rings is 1. The van der Waals surface area contributed by atoms with Crippen molar-refractivity contribution in [3.05, 3.63) is 30.6 Å². The lowest BCUT2D eigenvalue weighted by Crippen LogP contribution is -2.61. The molecule has 0 spiro atoms. The van der Waals surface area contributed by atoms with Crippen molar-refractivity contribution < 1.29 is 18.2 Å². The highest BCUT2D eigenvalue weighted by atomic mass is 32.2. The lowest BCUT2D eigenvalue weighted by atomic mass is 9.92. The number of carbonyl (C=O) groups excluding carboxylic acids is 1. The Kier molecular flexibility index (Phi) is 8.19. The normalized spacial score (nSPS) is 20.6. The summed E-state index contributed by atoms with van der Waals surface area (Å²) in [4.78, 5) is 28.5. The fourth-order valence-corrected chi connectivity index (χ4v) is 6.65. The lowest BCUT2D eigenvalue weighted by Gasteiger charge is -2.48. The Morgan fingerprint density at radius 1 is 1.07 bits per heavy atom. The van der Waals surface area contributed by atoms with E-state index in [9.17, 15) is 8.68 Å². The molecular formula is C32H44FN7O3S. The van der Waals surface area contributed by atoms with Crippen LogP contribution in [0.1, 0.15) is 67.2 Å². The van der Waals surface area contributed by atoms with Crippen molar-refractivity contribution in [2.75, 3.05) is 44.2 Å². The first-order valence-corrected chi connectivity index (χ1v) is 16.3. The Hall–Kier alpha value is -3.12. The van der Waals surface area contributed by atoms with Crippen molar-refractivity contribution in [3.8, 4) is 17.1 Å². The minimum atomic E-state index is -0.495. The summed E-state index contributed by atoms with van der Waals surface area (Å²) in [6.45, 7) is 17.2. The summed E-state index contributed by atoms with van der Waals surface area (Å²) in [5, 5.41) is 5.25. The molecule has 10 nitrogen and oxygen atoms in total. The third-order valence-corrected chi connectivity index (χ3v) is 9.43. The molecule has 1 amide bonds. The van der Waals surface area contributed by atoms with E-state index in [0.717, 1.165) is 68.8 Å². The predicted molar refractivity (Wildman–Crippen MR) is 172 cm³/mol. The van der Waals surface area contributed by atoms with Crippen LogP contribution in [-0.4, -0.2) is 91.1 Å². The van der Waals surface area contributed by atoms with Gasteiger partial charge in [-0.05, 0) is 91.3 Å². The van der Waals surface area contributed by atoms with Crippen molar-refractivity contribution in [1.82, 2.24) is 29.0 Å². The molecular weight excluding hydrogens is 581 g/mol. The number of piperidine rings is 1. The number of benzene rings is 1. The molecule has 0 unspecified atom stereocenters. The summed E-state index contributed by atoms with van der Waals surface area (Å²) >= 11 is 0.0666. The van der Waals surface area contributed by atoms with Crippen LogP contribution in [0.3, 0.4) is 0 Å². The molecule has 2 aromatic heterocycles. The van der Waals surface area contributed by atoms with Crippen LogP contribution in [0.15, 0.2) is 30.6 Å². The molecule has 0 bridgehead atoms. The molecule has 3 aromatic rings. The zero-order chi connectivity index (χ0) is 31.3. The van der Waals surface area contributed by atoms with Gasteiger partial charge < -0.3 is 19.3 Å². The van der Waals surface area contributed by atoms with Gasteiger partial charge in [-0.15, -0.1) is 3.89 Å². The van der Waals surface area contributed by atoms with E-state index >= 15 is 0 Å². The van der Waals surface area contributed by atoms with Gasteiger partial charge in [-0.3, -0.25) is 4.90 Å². The van der Waals surface area contributed by atoms with Gasteiger partial charge in [0.25, 0.3) is 0 Å². The molecule has 0 radical (unpaired) electrons. The average Bonchev–Trinajstić information content (AvgIpc) is 3.57. The van der Waals surface area contributed by atoms with E-state index in [2.05, 4.69) is 45.6 Å². The summed E-state index contributed by atoms with van der Waals surface area (Å²) in [7, 11) is 0. The molecule has 44 heavy (non-hydrogen) atoms. The Morgan fingerprint density at radius 2 is 1.82 bits per heavy atom. The second-order valence-corrected chi connectivity index (χ2v) is 14.9. The van der Waals surface area contributed by atoms with Crippen molar-refractivity contribution in [2.45, 2.75) is 84.0 Å². The highest BCUT2D eigenvalue weighted by Gasteiger charge is 2.40. The fourth-order valence-electron chi connectivity index (χ4n) is 6.27. The van der Waals surface area contributed by atoms with Gasteiger partial charge in [0.15, 0.2) is 12.3 Å². The fraction of sp³-hybridized carbons (Fsp3) is 0.625. The molecule has 12 heteroatoms. The molecule has 238 valence electrons. The number of rotatable bonds is 7. The van der Waals surface area contributed by atoms with Crippen LogP contribution < -0.4 is 9.64 Å². The van der Waals surface area contributed by atoms with E-state index in [1.807, 2.05) is 49.9 Å². The van der Waals surface area contributed by atoms with E-state index in [4.69, 9.17) is 9.47 Å². The van der Waals surface area contributed by atoms with E-state index in [0.29, 0.717) is 35.9 Å². The van der Waals surface area contributed by atoms with Crippen LogP contribution in [0.2, 0.25) is 0 Å². The topological polar surface area (TPSA) is 88.9 Å². The molecule has 0 N–H and O–H groups in total. The molecule has 0 atom stereocenters. The summed E-state index contributed by atoms with van der Waals surface area (Å²) in [5.41, 5.74) is 1.18. The second kappa shape index (κ2) is 11.7. The quantitative estimate of drug-likeness (QED) is 0.298. The molecule has 1 aromatic carbocycles. The zero-order valence-corrected chi connectivity index (χ0v) is 27.5. The number of hydrogen-bond acceptors (Lipinski definition) is 9. The van der Waals surface area contributed by atoms with Gasteiger partial charge in [0.05, 0.1) is 11.2 Å². The minimum absolute atomic E-state index is 0.0666. The van der Waals surface area contributed by atoms with Crippen LogP contribution in [0.25, 0.3) is 22.3 Å². The average molecular weight is 626 g/mol. The second-order valence-electron chi connectivity index (χ2n) is 14.4. The molecule has 4 heterocycles. The molecule has 2 saturated heterocycles. The smallest absolute Gasteiger partial charge is 0.410 e. The lowest BCUT2D eigenvalue weighted by molar-refractivity contribution is -0.0204. The Balaban J connectivity index is 1.10. The van der Waals surface area contributed by atoms with E-state index in [1.165, 1.54) is 4.09 Å². The summed E-state index contributed by atoms with van der Waals surface area (Å²) in [6, 6.07) is 7.65. The van der Waals surface area contributed by atoms with Crippen LogP contribution in [0.4, 0.5) is 14.5 Å². The SMILES string of the molecule is CC(C)(C)OC(=O)N1CCN(CC2CCN(c3cc(-c4c5cc(OC6(C)CC6)ccc5nn4SF)ncn3)CC2)C(C)(C)C1. The monoisotopic (exact) mass is 625 g/mol. The maximum atomic E-state index is 14.1. The number of aromatic nitrogens is 4. The van der Waals surface area contributed by atoms with Gasteiger partial charge in [0, 0.05) is 56.3 Å². The van der Waals surface area contributed by atoms with Crippen LogP contribution in [-0.2, 0) is 4.74 Å². The number of carbonyl (C=O) groups is 1. The van der Waals surface area contributed by atoms with Crippen LogP contribution in [0.5, 0.6) is 5.75 Å². The molecule has 6 rings (SSSR count). The first-order chi connectivity index (χ1) is 20.8. The molecule has 3 aliphatic rings. The number of halogens is 1. The van der Waals surface area contributed by atoms with Crippen LogP contribution >= 0.6 is 12.3 Å². The van der Waals surface area contributed by atoms with Crippen molar-refractivity contribution in [2.24, 2.45) is 5.92 Å². The first-order valence-electron chi connectivity index (χ1n) is 15.6. The van der Waals surface area contributed by atoms with Crippen molar-refractivity contribution in [1.29, 1.82) is 0 Å². The maximum Gasteiger partial charge on any atom is 0.410 e. The number of hydrogen-bond donors (Lipinski definition) is 0. The van der Waals surface area contributed by atoms with Gasteiger partial charge in [-0.2, -0.15) is 9.19 Å². The van der Waals surface area contributed by atoms with Crippen molar-refractivity contribution in [3.63, 3.8) is 0 Å². The molecule has 3 fully saturated rings. The number of amides is 1. The number of anilines is 1. The first kappa shape index (κ1) is 30.9. The predicted octanol–water partition coefficient (Wildman–Crippen LogP) is 6.35. The Bertz CT molecular complexity index is 1510. The standard InChI is InChI=1S/C32H44FN7O3S/c1-30(2,3)43-29(41)38-15-16-39(31(4,5)20-38)19-22-9-13-37(14-10-22)27-18-26(34-21-35-27)28-24-17-23(42-32(6)11-12-32)7-8-25(24)36-40(28)44-33/h7-8,17-18,21-22H,9-16,19-20H2,1-6H3. The van der Waals surface area contributed by atoms with Crippen molar-refractivity contribution >= 4 is 35.1 Å². The van der Waals surface area contributed by atoms with Gasteiger partial charge in [-0.1, -0.05) is 0 Å². The number of nitrogens with zero attached hydrogens (tertiary/aromatic N) is 7. The summed E-state index contributed by atoms with van der Waals surface area (Å²) in [5.74, 6) is 2.15. The molecule has 1 saturated carbocycles. The zero-order valence-electron chi connectivity index (χ0n) is 26.7. The van der Waals surface area contributed by atoms with Gasteiger partial charge in [-0.25, -0.2) is 14.8 Å². The maximum absolute atomic E-state index is 14.1. The highest BCUT2D eigenvalue weighted by Crippen LogP contribution is 2.41. The minimum Gasteiger partial charge on any atom is -0.488 e. The highest BCUT2D eigenvalue weighted by molar-refractivity contribution is 7.92. The van der Waals surface area contributed by atoms with Gasteiger partial charge in [0.1, 0.15) is 34.8 Å². The van der Waals surface area contributed by atoms with E-state index in [1.54, 1.807) is 6.33 Å². The van der Waals surface area contributed by atoms with Gasteiger partial charge in [0.2, 0.25) is 0 Å². The summed E-state index contributed by atoms with van der Waals surface area (Å²) < 4.78 is 27.2. The third kappa shape index (κ3) is 6.75. The molecule has 1 aliphatic carbocycles. The Morgan fingerprint density at radius 3 is 2.48 bits per heavy atom. The molecule has 2 aliphatic heterocycles. The largest absolute Gasteiger partial charge is 0.488 e. The number of ether oxygens (including phenoxy) is 2. The Labute approximate surface area is 263 Å². The number of fused-ring (bicyclic) bond motifs is 1. The van der Waals surface area contributed by atoms with Gasteiger partial charge >= 0.3 is 6.09 Å². The van der Waals surface area contributed by atoms with Crippen LogP contribution in [0, 0.1) is 5.92 Å².